The zero-order valence-corrected chi connectivity index (χ0v) is 15.8. The highest BCUT2D eigenvalue weighted by atomic mass is 35.5. The molecule has 0 saturated heterocycles. The molecule has 142 valence electrons. The fourth-order valence-electron chi connectivity index (χ4n) is 1.86. The molecule has 0 bridgehead atoms. The molecule has 0 fully saturated rings. The van der Waals surface area contributed by atoms with Gasteiger partial charge in [-0.15, -0.1) is 0 Å². The molecule has 10 heteroatoms. The van der Waals surface area contributed by atoms with E-state index < -0.39 is 23.8 Å². The van der Waals surface area contributed by atoms with E-state index in [1.807, 2.05) is 0 Å². The first-order valence-corrected chi connectivity index (χ1v) is 8.57. The van der Waals surface area contributed by atoms with Crippen molar-refractivity contribution < 1.29 is 19.2 Å². The Bertz CT molecular complexity index is 697. The summed E-state index contributed by atoms with van der Waals surface area (Å²) in [5.74, 6) is -1.95. The van der Waals surface area contributed by atoms with Crippen LogP contribution in [0.15, 0.2) is 18.2 Å². The number of likely N-dealkylation sites (N-methyl/N-ethyl adjacent to an activating group) is 1. The van der Waals surface area contributed by atoms with Gasteiger partial charge in [0.15, 0.2) is 0 Å². The maximum absolute atomic E-state index is 12.0. The van der Waals surface area contributed by atoms with Gasteiger partial charge in [0.25, 0.3) is 5.91 Å². The van der Waals surface area contributed by atoms with Crippen molar-refractivity contribution in [2.24, 2.45) is 0 Å². The predicted molar refractivity (Wildman–Crippen MR) is 98.1 cm³/mol. The number of hydrogen-bond donors (Lipinski definition) is 4. The van der Waals surface area contributed by atoms with Crippen LogP contribution in [0, 0.1) is 0 Å². The Balaban J connectivity index is 2.37. The maximum Gasteiger partial charge on any atom is 0.253 e. The second-order valence-electron chi connectivity index (χ2n) is 5.27. The van der Waals surface area contributed by atoms with E-state index >= 15 is 0 Å². The Morgan fingerprint density at radius 1 is 1.00 bits per heavy atom. The lowest BCUT2D eigenvalue weighted by molar-refractivity contribution is -0.129. The molecule has 0 aliphatic carbocycles. The van der Waals surface area contributed by atoms with E-state index in [1.165, 1.54) is 25.1 Å². The fraction of sp³-hybridized carbons (Fsp3) is 0.375. The lowest BCUT2D eigenvalue weighted by Gasteiger charge is -2.13. The summed E-state index contributed by atoms with van der Waals surface area (Å²) in [7, 11) is 0. The number of nitrogens with one attached hydrogen (secondary N) is 4. The highest BCUT2D eigenvalue weighted by Gasteiger charge is 2.16. The molecule has 0 aliphatic rings. The first-order chi connectivity index (χ1) is 12.2. The molecule has 0 aliphatic heterocycles. The Labute approximate surface area is 161 Å². The second-order valence-corrected chi connectivity index (χ2v) is 6.11. The number of hydrogen-bond acceptors (Lipinski definition) is 4. The summed E-state index contributed by atoms with van der Waals surface area (Å²) in [6.45, 7) is 3.09. The highest BCUT2D eigenvalue weighted by molar-refractivity contribution is 6.36. The maximum atomic E-state index is 12.0. The molecule has 26 heavy (non-hydrogen) atoms. The molecule has 4 N–H and O–H groups in total. The van der Waals surface area contributed by atoms with Gasteiger partial charge in [-0.25, -0.2) is 0 Å². The molecule has 0 saturated carbocycles. The largest absolute Gasteiger partial charge is 0.355 e. The average molecular weight is 403 g/mol. The van der Waals surface area contributed by atoms with Crippen LogP contribution in [0.4, 0.5) is 0 Å². The van der Waals surface area contributed by atoms with E-state index in [2.05, 4.69) is 21.3 Å². The van der Waals surface area contributed by atoms with Crippen molar-refractivity contribution in [3.8, 4) is 0 Å². The molecular weight excluding hydrogens is 383 g/mol. The SMILES string of the molecule is CCNC(=O)[C@H](C)NC(=O)CNC(=O)CNC(=O)c1ccc(Cl)cc1Cl. The molecule has 1 atom stereocenters. The van der Waals surface area contributed by atoms with Gasteiger partial charge in [0.2, 0.25) is 17.7 Å². The molecule has 0 radical (unpaired) electrons. The molecular formula is C16H20Cl2N4O4. The van der Waals surface area contributed by atoms with Crippen LogP contribution >= 0.6 is 23.2 Å². The third kappa shape index (κ3) is 7.28. The Morgan fingerprint density at radius 3 is 2.27 bits per heavy atom. The van der Waals surface area contributed by atoms with Gasteiger partial charge in [-0.2, -0.15) is 0 Å². The van der Waals surface area contributed by atoms with Gasteiger partial charge in [-0.3, -0.25) is 19.2 Å². The van der Waals surface area contributed by atoms with Crippen LogP contribution in [0.5, 0.6) is 0 Å². The summed E-state index contributed by atoms with van der Waals surface area (Å²) in [6, 6.07) is 3.64. The third-order valence-corrected chi connectivity index (χ3v) is 3.70. The molecule has 0 unspecified atom stereocenters. The van der Waals surface area contributed by atoms with Crippen molar-refractivity contribution in [2.75, 3.05) is 19.6 Å². The number of carbonyl (C=O) groups is 4. The van der Waals surface area contributed by atoms with Crippen LogP contribution in [-0.2, 0) is 14.4 Å². The zero-order valence-electron chi connectivity index (χ0n) is 14.3. The zero-order chi connectivity index (χ0) is 19.7. The summed E-state index contributed by atoms with van der Waals surface area (Å²) in [5.41, 5.74) is 0.178. The summed E-state index contributed by atoms with van der Waals surface area (Å²) < 4.78 is 0. The van der Waals surface area contributed by atoms with Gasteiger partial charge in [-0.05, 0) is 32.0 Å². The minimum Gasteiger partial charge on any atom is -0.355 e. The molecule has 0 spiro atoms. The van der Waals surface area contributed by atoms with Crippen molar-refractivity contribution in [1.82, 2.24) is 21.3 Å². The van der Waals surface area contributed by atoms with Crippen molar-refractivity contribution >= 4 is 46.8 Å². The smallest absolute Gasteiger partial charge is 0.253 e. The highest BCUT2D eigenvalue weighted by Crippen LogP contribution is 2.20. The van der Waals surface area contributed by atoms with Crippen LogP contribution in [0.1, 0.15) is 24.2 Å². The standard InChI is InChI=1S/C16H20Cl2N4O4/c1-3-19-15(25)9(2)22-14(24)8-20-13(23)7-21-16(26)11-5-4-10(17)6-12(11)18/h4-6,9H,3,7-8H2,1-2H3,(H,19,25)(H,20,23)(H,21,26)(H,22,24)/t9-/m0/s1. The molecule has 1 aromatic rings. The van der Waals surface area contributed by atoms with Gasteiger partial charge in [0.1, 0.15) is 6.04 Å². The minimum absolute atomic E-state index is 0.161. The minimum atomic E-state index is -0.717. The van der Waals surface area contributed by atoms with Crippen molar-refractivity contribution in [1.29, 1.82) is 0 Å². The van der Waals surface area contributed by atoms with Gasteiger partial charge in [-0.1, -0.05) is 23.2 Å². The van der Waals surface area contributed by atoms with E-state index in [-0.39, 0.29) is 29.6 Å². The summed E-state index contributed by atoms with van der Waals surface area (Å²) in [6.07, 6.45) is 0. The predicted octanol–water partition coefficient (Wildman–Crippen LogP) is 0.480. The van der Waals surface area contributed by atoms with Crippen LogP contribution in [0.3, 0.4) is 0 Å². The van der Waals surface area contributed by atoms with E-state index in [1.54, 1.807) is 6.92 Å². The summed E-state index contributed by atoms with van der Waals surface area (Å²) >= 11 is 11.7. The number of amides is 4. The van der Waals surface area contributed by atoms with E-state index in [0.29, 0.717) is 11.6 Å². The van der Waals surface area contributed by atoms with Crippen molar-refractivity contribution in [2.45, 2.75) is 19.9 Å². The first kappa shape index (κ1) is 21.7. The molecule has 0 heterocycles. The van der Waals surface area contributed by atoms with E-state index in [9.17, 15) is 19.2 Å². The number of halogens is 2. The number of benzene rings is 1. The van der Waals surface area contributed by atoms with Gasteiger partial charge < -0.3 is 21.3 Å². The lowest BCUT2D eigenvalue weighted by Crippen LogP contribution is -2.48. The Kier molecular flexibility index (Phi) is 8.87. The number of rotatable bonds is 8. The lowest BCUT2D eigenvalue weighted by atomic mass is 10.2. The van der Waals surface area contributed by atoms with E-state index in [0.717, 1.165) is 0 Å². The Hall–Kier alpha value is -2.32. The van der Waals surface area contributed by atoms with E-state index in [4.69, 9.17) is 23.2 Å². The second kappa shape index (κ2) is 10.6. The molecule has 8 nitrogen and oxygen atoms in total. The van der Waals surface area contributed by atoms with Crippen molar-refractivity contribution in [3.63, 3.8) is 0 Å². The van der Waals surface area contributed by atoms with Crippen LogP contribution < -0.4 is 21.3 Å². The molecule has 0 aromatic heterocycles. The molecule has 4 amide bonds. The molecule has 1 rings (SSSR count). The van der Waals surface area contributed by atoms with Gasteiger partial charge in [0.05, 0.1) is 23.7 Å². The fourth-order valence-corrected chi connectivity index (χ4v) is 2.35. The van der Waals surface area contributed by atoms with Crippen LogP contribution in [0.25, 0.3) is 0 Å². The molecule has 1 aromatic carbocycles. The third-order valence-electron chi connectivity index (χ3n) is 3.15. The monoisotopic (exact) mass is 402 g/mol. The van der Waals surface area contributed by atoms with Crippen LogP contribution in [0.2, 0.25) is 10.0 Å². The van der Waals surface area contributed by atoms with Gasteiger partial charge in [0, 0.05) is 11.6 Å². The topological polar surface area (TPSA) is 116 Å². The normalized spacial score (nSPS) is 11.2. The first-order valence-electron chi connectivity index (χ1n) is 7.81. The Morgan fingerprint density at radius 2 is 1.65 bits per heavy atom. The van der Waals surface area contributed by atoms with Gasteiger partial charge >= 0.3 is 0 Å². The van der Waals surface area contributed by atoms with Crippen LogP contribution in [-0.4, -0.2) is 49.3 Å². The van der Waals surface area contributed by atoms with Crippen molar-refractivity contribution in [3.05, 3.63) is 33.8 Å². The quantitative estimate of drug-likeness (QED) is 0.505. The number of carbonyl (C=O) groups excluding carboxylic acids is 4. The summed E-state index contributed by atoms with van der Waals surface area (Å²) in [4.78, 5) is 46.8. The average Bonchev–Trinajstić information content (AvgIpc) is 2.58. The summed E-state index contributed by atoms with van der Waals surface area (Å²) in [5, 5.41) is 10.3.